The molecule has 2 unspecified atom stereocenters. The van der Waals surface area contributed by atoms with Crippen molar-refractivity contribution in [1.29, 1.82) is 0 Å². The van der Waals surface area contributed by atoms with Gasteiger partial charge in [0.2, 0.25) is 11.7 Å². The highest BCUT2D eigenvalue weighted by molar-refractivity contribution is 5.01. The number of piperidine rings is 1. The number of nitrogens with one attached hydrogen (secondary N) is 1. The van der Waals surface area contributed by atoms with Crippen LogP contribution in [0.25, 0.3) is 0 Å². The predicted molar refractivity (Wildman–Crippen MR) is 63.5 cm³/mol. The molecular weight excluding hydrogens is 218 g/mol. The number of hydrogen-bond donors (Lipinski definition) is 1. The molecule has 0 aromatic carbocycles. The van der Waals surface area contributed by atoms with E-state index in [2.05, 4.69) is 22.4 Å². The monoisotopic (exact) mass is 239 g/mol. The first kappa shape index (κ1) is 12.5. The smallest absolute Gasteiger partial charge is 0.243 e. The minimum absolute atomic E-state index is 0.188. The van der Waals surface area contributed by atoms with Crippen LogP contribution in [0.15, 0.2) is 4.52 Å². The Morgan fingerprint density at radius 3 is 2.88 bits per heavy atom. The minimum atomic E-state index is -0.498. The summed E-state index contributed by atoms with van der Waals surface area (Å²) in [5.41, 5.74) is -0.498. The van der Waals surface area contributed by atoms with Gasteiger partial charge in [-0.1, -0.05) is 12.1 Å². The summed E-state index contributed by atoms with van der Waals surface area (Å²) in [5.74, 6) is 1.98. The third-order valence-electron chi connectivity index (χ3n) is 3.45. The second kappa shape index (κ2) is 4.74. The number of hydrogen-bond acceptors (Lipinski definition) is 5. The number of nitrogens with zero attached hydrogens (tertiary/aromatic N) is 2. The summed E-state index contributed by atoms with van der Waals surface area (Å²) in [6.07, 6.45) is 2.26. The van der Waals surface area contributed by atoms with Crippen molar-refractivity contribution in [2.24, 2.45) is 5.92 Å². The van der Waals surface area contributed by atoms with E-state index in [9.17, 15) is 0 Å². The molecule has 2 rings (SSSR count). The van der Waals surface area contributed by atoms with Crippen molar-refractivity contribution in [2.75, 3.05) is 13.7 Å². The molecule has 2 atom stereocenters. The van der Waals surface area contributed by atoms with Crippen molar-refractivity contribution in [3.8, 4) is 0 Å². The lowest BCUT2D eigenvalue weighted by Gasteiger charge is -2.25. The molecule has 17 heavy (non-hydrogen) atoms. The van der Waals surface area contributed by atoms with Crippen molar-refractivity contribution < 1.29 is 9.26 Å². The van der Waals surface area contributed by atoms with Gasteiger partial charge >= 0.3 is 0 Å². The topological polar surface area (TPSA) is 60.2 Å². The van der Waals surface area contributed by atoms with Crippen molar-refractivity contribution in [3.63, 3.8) is 0 Å². The molecule has 1 aromatic rings. The Bertz CT molecular complexity index is 376. The summed E-state index contributed by atoms with van der Waals surface area (Å²) in [6, 6.07) is 0.188. The SMILES string of the molecule is COC(C)(C)c1noc(C2CC(C)CCN2)n1. The molecule has 5 heteroatoms. The van der Waals surface area contributed by atoms with Gasteiger partial charge in [-0.3, -0.25) is 0 Å². The largest absolute Gasteiger partial charge is 0.371 e. The van der Waals surface area contributed by atoms with Crippen molar-refractivity contribution in [3.05, 3.63) is 11.7 Å². The van der Waals surface area contributed by atoms with Gasteiger partial charge in [0.05, 0.1) is 6.04 Å². The number of rotatable bonds is 3. The molecule has 96 valence electrons. The van der Waals surface area contributed by atoms with Gasteiger partial charge in [-0.2, -0.15) is 4.98 Å². The van der Waals surface area contributed by atoms with Crippen LogP contribution >= 0.6 is 0 Å². The zero-order chi connectivity index (χ0) is 12.5. The van der Waals surface area contributed by atoms with E-state index in [1.165, 1.54) is 6.42 Å². The average Bonchev–Trinajstić information content (AvgIpc) is 2.79. The molecule has 1 aliphatic rings. The zero-order valence-corrected chi connectivity index (χ0v) is 11.0. The van der Waals surface area contributed by atoms with Crippen LogP contribution in [0.2, 0.25) is 0 Å². The van der Waals surface area contributed by atoms with Crippen LogP contribution in [-0.2, 0) is 10.3 Å². The number of aromatic nitrogens is 2. The Kier molecular flexibility index (Phi) is 3.49. The number of methoxy groups -OCH3 is 1. The summed E-state index contributed by atoms with van der Waals surface area (Å²) >= 11 is 0. The summed E-state index contributed by atoms with van der Waals surface area (Å²) in [6.45, 7) is 7.12. The third-order valence-corrected chi connectivity index (χ3v) is 3.45. The van der Waals surface area contributed by atoms with Gasteiger partial charge in [-0.15, -0.1) is 0 Å². The summed E-state index contributed by atoms with van der Waals surface area (Å²) in [4.78, 5) is 4.45. The van der Waals surface area contributed by atoms with Gasteiger partial charge in [-0.05, 0) is 39.2 Å². The lowest BCUT2D eigenvalue weighted by Crippen LogP contribution is -2.31. The molecule has 1 N–H and O–H groups in total. The molecule has 2 heterocycles. The highest BCUT2D eigenvalue weighted by Crippen LogP contribution is 2.28. The van der Waals surface area contributed by atoms with Crippen LogP contribution in [-0.4, -0.2) is 23.8 Å². The van der Waals surface area contributed by atoms with E-state index < -0.39 is 5.60 Å². The quantitative estimate of drug-likeness (QED) is 0.874. The molecule has 1 fully saturated rings. The molecule has 1 aromatic heterocycles. The molecule has 0 radical (unpaired) electrons. The van der Waals surface area contributed by atoms with Crippen LogP contribution in [0.5, 0.6) is 0 Å². The molecule has 1 saturated heterocycles. The predicted octanol–water partition coefficient (Wildman–Crippen LogP) is 2.01. The maximum Gasteiger partial charge on any atom is 0.243 e. The fourth-order valence-electron chi connectivity index (χ4n) is 2.01. The van der Waals surface area contributed by atoms with Gasteiger partial charge in [0.15, 0.2) is 0 Å². The first-order valence-corrected chi connectivity index (χ1v) is 6.15. The number of ether oxygens (including phenoxy) is 1. The lowest BCUT2D eigenvalue weighted by molar-refractivity contribution is 0.00973. The zero-order valence-electron chi connectivity index (χ0n) is 11.0. The Labute approximate surface area is 102 Å². The van der Waals surface area contributed by atoms with Gasteiger partial charge in [-0.25, -0.2) is 0 Å². The first-order valence-electron chi connectivity index (χ1n) is 6.15. The fraction of sp³-hybridized carbons (Fsp3) is 0.833. The third kappa shape index (κ3) is 2.66. The van der Waals surface area contributed by atoms with Gasteiger partial charge < -0.3 is 14.6 Å². The lowest BCUT2D eigenvalue weighted by atomic mass is 9.94. The average molecular weight is 239 g/mol. The molecule has 0 bridgehead atoms. The summed E-state index contributed by atoms with van der Waals surface area (Å²) in [5, 5.41) is 7.42. The van der Waals surface area contributed by atoms with E-state index in [-0.39, 0.29) is 6.04 Å². The Balaban J connectivity index is 2.12. The Morgan fingerprint density at radius 2 is 2.24 bits per heavy atom. The van der Waals surface area contributed by atoms with E-state index in [4.69, 9.17) is 9.26 Å². The van der Waals surface area contributed by atoms with Gasteiger partial charge in [0.25, 0.3) is 0 Å². The maximum atomic E-state index is 5.34. The molecule has 1 aliphatic heterocycles. The molecule has 0 spiro atoms. The Morgan fingerprint density at radius 1 is 1.47 bits per heavy atom. The molecular formula is C12H21N3O2. The van der Waals surface area contributed by atoms with Gasteiger partial charge in [0.1, 0.15) is 5.60 Å². The van der Waals surface area contributed by atoms with Crippen molar-refractivity contribution in [2.45, 2.75) is 45.3 Å². The van der Waals surface area contributed by atoms with E-state index in [1.807, 2.05) is 13.8 Å². The van der Waals surface area contributed by atoms with Crippen LogP contribution in [0, 0.1) is 5.92 Å². The minimum Gasteiger partial charge on any atom is -0.371 e. The van der Waals surface area contributed by atoms with Crippen LogP contribution in [0.3, 0.4) is 0 Å². The second-order valence-electron chi connectivity index (χ2n) is 5.31. The molecule has 0 aliphatic carbocycles. The standard InChI is InChI=1S/C12H21N3O2/c1-8-5-6-13-9(7-8)10-14-11(15-17-10)12(2,3)16-4/h8-9,13H,5-7H2,1-4H3. The van der Waals surface area contributed by atoms with Crippen LogP contribution in [0.1, 0.15) is 51.4 Å². The fourth-order valence-corrected chi connectivity index (χ4v) is 2.01. The summed E-state index contributed by atoms with van der Waals surface area (Å²) in [7, 11) is 1.65. The highest BCUT2D eigenvalue weighted by Gasteiger charge is 2.30. The van der Waals surface area contributed by atoms with Crippen molar-refractivity contribution in [1.82, 2.24) is 15.5 Å². The first-order chi connectivity index (χ1) is 8.03. The molecule has 5 nitrogen and oxygen atoms in total. The van der Waals surface area contributed by atoms with Gasteiger partial charge in [0, 0.05) is 7.11 Å². The van der Waals surface area contributed by atoms with E-state index in [0.717, 1.165) is 13.0 Å². The molecule has 0 amide bonds. The normalized spacial score (nSPS) is 26.1. The second-order valence-corrected chi connectivity index (χ2v) is 5.31. The van der Waals surface area contributed by atoms with Crippen LogP contribution in [0.4, 0.5) is 0 Å². The van der Waals surface area contributed by atoms with E-state index in [0.29, 0.717) is 17.6 Å². The highest BCUT2D eigenvalue weighted by atomic mass is 16.5. The van der Waals surface area contributed by atoms with Crippen molar-refractivity contribution >= 4 is 0 Å². The van der Waals surface area contributed by atoms with E-state index in [1.54, 1.807) is 7.11 Å². The van der Waals surface area contributed by atoms with Crippen LogP contribution < -0.4 is 5.32 Å². The summed E-state index contributed by atoms with van der Waals surface area (Å²) < 4.78 is 10.7. The maximum absolute atomic E-state index is 5.34. The van der Waals surface area contributed by atoms with E-state index >= 15 is 0 Å². The Hall–Kier alpha value is -0.940. The molecule has 0 saturated carbocycles.